The summed E-state index contributed by atoms with van der Waals surface area (Å²) >= 11 is 0. The molecule has 120 valence electrons. The fourth-order valence-corrected chi connectivity index (χ4v) is 1.60. The van der Waals surface area contributed by atoms with E-state index in [1.54, 1.807) is 32.9 Å². The van der Waals surface area contributed by atoms with Crippen LogP contribution in [0.4, 0.5) is 4.79 Å². The topological polar surface area (TPSA) is 95.9 Å². The van der Waals surface area contributed by atoms with Crippen LogP contribution < -0.4 is 5.32 Å². The number of benzene rings is 1. The Balaban J connectivity index is 2.48. The number of ether oxygens (including phenoxy) is 1. The van der Waals surface area contributed by atoms with Crippen LogP contribution in [0.15, 0.2) is 24.3 Å². The van der Waals surface area contributed by atoms with Gasteiger partial charge in [0.25, 0.3) is 0 Å². The standard InChI is InChI=1S/C16H21NO5/c1-16(2,3)22-15(21)17-9-5-4-6-11-10-12(14(19)20)7-8-13(11)18/h4,6-8,10,18H,5,9H2,1-3H3,(H,17,21)(H,19,20). The van der Waals surface area contributed by atoms with Gasteiger partial charge in [0.1, 0.15) is 11.4 Å². The van der Waals surface area contributed by atoms with Crippen LogP contribution in [0, 0.1) is 0 Å². The number of carbonyl (C=O) groups excluding carboxylic acids is 1. The largest absolute Gasteiger partial charge is 0.507 e. The minimum absolute atomic E-state index is 0.00125. The second-order valence-electron chi connectivity index (χ2n) is 5.70. The first-order chi connectivity index (χ1) is 10.2. The first kappa shape index (κ1) is 17.6. The first-order valence-corrected chi connectivity index (χ1v) is 6.89. The third-order valence-electron chi connectivity index (χ3n) is 2.55. The molecule has 22 heavy (non-hydrogen) atoms. The van der Waals surface area contributed by atoms with Crippen molar-refractivity contribution in [2.24, 2.45) is 0 Å². The molecule has 0 fully saturated rings. The lowest BCUT2D eigenvalue weighted by molar-refractivity contribution is 0.0528. The van der Waals surface area contributed by atoms with Gasteiger partial charge in [-0.1, -0.05) is 12.2 Å². The number of carboxylic acid groups (broad SMARTS) is 1. The number of nitrogens with one attached hydrogen (secondary N) is 1. The van der Waals surface area contributed by atoms with E-state index in [1.165, 1.54) is 18.2 Å². The molecule has 3 N–H and O–H groups in total. The average molecular weight is 307 g/mol. The number of amides is 1. The van der Waals surface area contributed by atoms with E-state index in [-0.39, 0.29) is 11.3 Å². The number of hydrogen-bond donors (Lipinski definition) is 3. The number of hydrogen-bond acceptors (Lipinski definition) is 4. The third kappa shape index (κ3) is 6.30. The van der Waals surface area contributed by atoms with Crippen molar-refractivity contribution in [3.05, 3.63) is 35.4 Å². The molecular weight excluding hydrogens is 286 g/mol. The Morgan fingerprint density at radius 1 is 1.32 bits per heavy atom. The van der Waals surface area contributed by atoms with Crippen LogP contribution in [0.5, 0.6) is 5.75 Å². The number of carboxylic acids is 1. The van der Waals surface area contributed by atoms with Crippen molar-refractivity contribution in [2.75, 3.05) is 6.54 Å². The molecule has 1 amide bonds. The van der Waals surface area contributed by atoms with Crippen molar-refractivity contribution in [3.8, 4) is 5.75 Å². The molecule has 0 aliphatic rings. The highest BCUT2D eigenvalue weighted by Crippen LogP contribution is 2.20. The van der Waals surface area contributed by atoms with Crippen LogP contribution in [0.3, 0.4) is 0 Å². The Hall–Kier alpha value is -2.50. The van der Waals surface area contributed by atoms with Gasteiger partial charge in [-0.05, 0) is 45.4 Å². The highest BCUT2D eigenvalue weighted by molar-refractivity contribution is 5.88. The van der Waals surface area contributed by atoms with E-state index in [0.717, 1.165) is 0 Å². The van der Waals surface area contributed by atoms with Gasteiger partial charge in [0.05, 0.1) is 5.56 Å². The van der Waals surface area contributed by atoms with E-state index in [0.29, 0.717) is 18.5 Å². The maximum absolute atomic E-state index is 11.4. The van der Waals surface area contributed by atoms with E-state index in [1.807, 2.05) is 0 Å². The molecule has 6 nitrogen and oxygen atoms in total. The van der Waals surface area contributed by atoms with E-state index < -0.39 is 17.7 Å². The minimum Gasteiger partial charge on any atom is -0.507 e. The summed E-state index contributed by atoms with van der Waals surface area (Å²) in [7, 11) is 0. The monoisotopic (exact) mass is 307 g/mol. The molecule has 0 radical (unpaired) electrons. The Morgan fingerprint density at radius 2 is 2.00 bits per heavy atom. The summed E-state index contributed by atoms with van der Waals surface area (Å²) in [6, 6.07) is 4.05. The molecule has 6 heteroatoms. The molecule has 0 saturated heterocycles. The van der Waals surface area contributed by atoms with Crippen LogP contribution >= 0.6 is 0 Å². The van der Waals surface area contributed by atoms with Gasteiger partial charge < -0.3 is 20.3 Å². The molecule has 0 saturated carbocycles. The molecule has 1 aromatic rings. The zero-order valence-corrected chi connectivity index (χ0v) is 12.9. The molecule has 0 bridgehead atoms. The maximum atomic E-state index is 11.4. The summed E-state index contributed by atoms with van der Waals surface area (Å²) in [6.07, 6.45) is 3.38. The lowest BCUT2D eigenvalue weighted by atomic mass is 10.1. The number of alkyl carbamates (subject to hydrolysis) is 1. The van der Waals surface area contributed by atoms with E-state index in [4.69, 9.17) is 9.84 Å². The van der Waals surface area contributed by atoms with Crippen molar-refractivity contribution >= 4 is 18.1 Å². The van der Waals surface area contributed by atoms with Crippen LogP contribution in [0.25, 0.3) is 6.08 Å². The first-order valence-electron chi connectivity index (χ1n) is 6.89. The predicted molar refractivity (Wildman–Crippen MR) is 83.0 cm³/mol. The summed E-state index contributed by atoms with van der Waals surface area (Å²) < 4.78 is 5.08. The molecule has 1 rings (SSSR count). The minimum atomic E-state index is -1.05. The number of phenols is 1. The van der Waals surface area contributed by atoms with Crippen LogP contribution in [-0.4, -0.2) is 34.4 Å². The number of aromatic carboxylic acids is 1. The molecule has 0 spiro atoms. The third-order valence-corrected chi connectivity index (χ3v) is 2.55. The molecule has 1 aromatic carbocycles. The predicted octanol–water partition coefficient (Wildman–Crippen LogP) is 3.02. The fourth-order valence-electron chi connectivity index (χ4n) is 1.60. The quantitative estimate of drug-likeness (QED) is 0.727. The van der Waals surface area contributed by atoms with Gasteiger partial charge in [0, 0.05) is 12.1 Å². The Kier molecular flexibility index (Phi) is 5.98. The number of phenolic OH excluding ortho intramolecular Hbond substituents is 1. The summed E-state index contributed by atoms with van der Waals surface area (Å²) in [4.78, 5) is 22.3. The van der Waals surface area contributed by atoms with Gasteiger partial charge in [0.15, 0.2) is 0 Å². The van der Waals surface area contributed by atoms with Crippen molar-refractivity contribution in [2.45, 2.75) is 32.8 Å². The van der Waals surface area contributed by atoms with Gasteiger partial charge in [-0.15, -0.1) is 0 Å². The zero-order chi connectivity index (χ0) is 16.8. The van der Waals surface area contributed by atoms with Crippen molar-refractivity contribution in [1.29, 1.82) is 0 Å². The van der Waals surface area contributed by atoms with Crippen LogP contribution in [-0.2, 0) is 4.74 Å². The number of aromatic hydroxyl groups is 1. The Labute approximate surface area is 129 Å². The average Bonchev–Trinajstić information content (AvgIpc) is 2.37. The highest BCUT2D eigenvalue weighted by Gasteiger charge is 2.15. The summed E-state index contributed by atoms with van der Waals surface area (Å²) in [5, 5.41) is 21.2. The molecule has 0 aliphatic carbocycles. The zero-order valence-electron chi connectivity index (χ0n) is 12.9. The normalized spacial score (nSPS) is 11.4. The van der Waals surface area contributed by atoms with Gasteiger partial charge in [0.2, 0.25) is 0 Å². The summed E-state index contributed by atoms with van der Waals surface area (Å²) in [5.74, 6) is -1.05. The number of carbonyl (C=O) groups is 2. The van der Waals surface area contributed by atoms with Gasteiger partial charge in [-0.25, -0.2) is 9.59 Å². The van der Waals surface area contributed by atoms with E-state index in [9.17, 15) is 14.7 Å². The molecule has 0 atom stereocenters. The lowest BCUT2D eigenvalue weighted by Crippen LogP contribution is -2.32. The molecule has 0 heterocycles. The molecular formula is C16H21NO5. The Morgan fingerprint density at radius 3 is 2.59 bits per heavy atom. The number of rotatable bonds is 5. The fraction of sp³-hybridized carbons (Fsp3) is 0.375. The molecule has 0 aliphatic heterocycles. The maximum Gasteiger partial charge on any atom is 0.407 e. The summed E-state index contributed by atoms with van der Waals surface area (Å²) in [5.41, 5.74) is -0.0234. The van der Waals surface area contributed by atoms with Crippen LogP contribution in [0.1, 0.15) is 43.1 Å². The highest BCUT2D eigenvalue weighted by atomic mass is 16.6. The van der Waals surface area contributed by atoms with Gasteiger partial charge >= 0.3 is 12.1 Å². The van der Waals surface area contributed by atoms with Gasteiger partial charge in [-0.3, -0.25) is 0 Å². The second kappa shape index (κ2) is 7.49. The van der Waals surface area contributed by atoms with Crippen LogP contribution in [0.2, 0.25) is 0 Å². The molecule has 0 aromatic heterocycles. The smallest absolute Gasteiger partial charge is 0.407 e. The lowest BCUT2D eigenvalue weighted by Gasteiger charge is -2.19. The Bertz CT molecular complexity index is 572. The second-order valence-corrected chi connectivity index (χ2v) is 5.70. The van der Waals surface area contributed by atoms with Gasteiger partial charge in [-0.2, -0.15) is 0 Å². The van der Waals surface area contributed by atoms with E-state index in [2.05, 4.69) is 5.32 Å². The van der Waals surface area contributed by atoms with Crippen molar-refractivity contribution in [1.82, 2.24) is 5.32 Å². The van der Waals surface area contributed by atoms with E-state index >= 15 is 0 Å². The SMILES string of the molecule is CC(C)(C)OC(=O)NCCC=Cc1cc(C(=O)O)ccc1O. The molecule has 0 unspecified atom stereocenters. The van der Waals surface area contributed by atoms with Crippen molar-refractivity contribution < 1.29 is 24.5 Å². The van der Waals surface area contributed by atoms with Crippen molar-refractivity contribution in [3.63, 3.8) is 0 Å². The summed E-state index contributed by atoms with van der Waals surface area (Å²) in [6.45, 7) is 5.73.